The number of alkyl halides is 3. The standard InChI is InChI=1S/C14H12F3NO/c15-14(16,17)11-6-2-4-8-13(11)19-9-10-5-1-3-7-12(10)18/h1-8H,9,18H2. The molecule has 2 rings (SSSR count). The number of hydrogen-bond acceptors (Lipinski definition) is 2. The SMILES string of the molecule is Nc1ccccc1COc1ccccc1C(F)(F)F. The van der Waals surface area contributed by atoms with E-state index < -0.39 is 11.7 Å². The fourth-order valence-electron chi connectivity index (χ4n) is 1.65. The summed E-state index contributed by atoms with van der Waals surface area (Å²) in [5, 5.41) is 0. The van der Waals surface area contributed by atoms with Gasteiger partial charge in [0.15, 0.2) is 0 Å². The number of anilines is 1. The molecule has 0 saturated heterocycles. The lowest BCUT2D eigenvalue weighted by Crippen LogP contribution is -2.09. The molecule has 0 aromatic heterocycles. The summed E-state index contributed by atoms with van der Waals surface area (Å²) in [7, 11) is 0. The van der Waals surface area contributed by atoms with Crippen LogP contribution in [0.5, 0.6) is 5.75 Å². The van der Waals surface area contributed by atoms with Crippen LogP contribution in [0.25, 0.3) is 0 Å². The van der Waals surface area contributed by atoms with Crippen molar-refractivity contribution in [1.29, 1.82) is 0 Å². The van der Waals surface area contributed by atoms with Crippen LogP contribution in [-0.4, -0.2) is 0 Å². The number of ether oxygens (including phenoxy) is 1. The molecule has 0 saturated carbocycles. The molecule has 0 atom stereocenters. The molecule has 0 aliphatic heterocycles. The van der Waals surface area contributed by atoms with Crippen molar-refractivity contribution < 1.29 is 17.9 Å². The van der Waals surface area contributed by atoms with Crippen LogP contribution in [0.2, 0.25) is 0 Å². The molecule has 0 aliphatic rings. The first-order chi connectivity index (χ1) is 8.98. The van der Waals surface area contributed by atoms with Gasteiger partial charge in [-0.2, -0.15) is 13.2 Å². The van der Waals surface area contributed by atoms with Crippen molar-refractivity contribution in [3.8, 4) is 5.75 Å². The predicted octanol–water partition coefficient (Wildman–Crippen LogP) is 3.87. The third kappa shape index (κ3) is 3.19. The highest BCUT2D eigenvalue weighted by atomic mass is 19.4. The first-order valence-corrected chi connectivity index (χ1v) is 5.61. The molecule has 0 spiro atoms. The number of nitrogens with two attached hydrogens (primary N) is 1. The minimum Gasteiger partial charge on any atom is -0.488 e. The van der Waals surface area contributed by atoms with Gasteiger partial charge in [0.05, 0.1) is 5.56 Å². The molecule has 2 aromatic carbocycles. The number of nitrogen functional groups attached to an aromatic ring is 1. The van der Waals surface area contributed by atoms with Crippen molar-refractivity contribution in [2.75, 3.05) is 5.73 Å². The van der Waals surface area contributed by atoms with Crippen molar-refractivity contribution >= 4 is 5.69 Å². The summed E-state index contributed by atoms with van der Waals surface area (Å²) in [6.07, 6.45) is -4.43. The zero-order chi connectivity index (χ0) is 13.9. The third-order valence-electron chi connectivity index (χ3n) is 2.63. The summed E-state index contributed by atoms with van der Waals surface area (Å²) in [5.41, 5.74) is 6.06. The highest BCUT2D eigenvalue weighted by molar-refractivity contribution is 5.46. The van der Waals surface area contributed by atoms with E-state index in [-0.39, 0.29) is 12.4 Å². The van der Waals surface area contributed by atoms with Crippen LogP contribution in [0, 0.1) is 0 Å². The molecule has 2 N–H and O–H groups in total. The maximum absolute atomic E-state index is 12.7. The van der Waals surface area contributed by atoms with Crippen molar-refractivity contribution in [3.05, 3.63) is 59.7 Å². The summed E-state index contributed by atoms with van der Waals surface area (Å²) in [6.45, 7) is -0.000231. The van der Waals surface area contributed by atoms with Gasteiger partial charge in [0, 0.05) is 11.3 Å². The molecule has 0 radical (unpaired) electrons. The molecule has 0 bridgehead atoms. The van der Waals surface area contributed by atoms with E-state index in [1.54, 1.807) is 24.3 Å². The van der Waals surface area contributed by atoms with Crippen LogP contribution in [0.4, 0.5) is 18.9 Å². The first kappa shape index (κ1) is 13.3. The van der Waals surface area contributed by atoms with Gasteiger partial charge in [0.1, 0.15) is 12.4 Å². The molecule has 0 unspecified atom stereocenters. The van der Waals surface area contributed by atoms with Crippen LogP contribution in [0.3, 0.4) is 0 Å². The summed E-state index contributed by atoms with van der Waals surface area (Å²) in [4.78, 5) is 0. The van der Waals surface area contributed by atoms with E-state index in [4.69, 9.17) is 10.5 Å². The topological polar surface area (TPSA) is 35.2 Å². The zero-order valence-corrected chi connectivity index (χ0v) is 9.95. The van der Waals surface area contributed by atoms with E-state index >= 15 is 0 Å². The van der Waals surface area contributed by atoms with Crippen molar-refractivity contribution in [2.24, 2.45) is 0 Å². The van der Waals surface area contributed by atoms with Gasteiger partial charge in [-0.25, -0.2) is 0 Å². The monoisotopic (exact) mass is 267 g/mol. The van der Waals surface area contributed by atoms with Crippen LogP contribution < -0.4 is 10.5 Å². The Labute approximate surface area is 108 Å². The Bertz CT molecular complexity index is 567. The first-order valence-electron chi connectivity index (χ1n) is 5.61. The quantitative estimate of drug-likeness (QED) is 0.857. The number of rotatable bonds is 3. The van der Waals surface area contributed by atoms with Gasteiger partial charge in [-0.05, 0) is 18.2 Å². The second kappa shape index (κ2) is 5.22. The van der Waals surface area contributed by atoms with Gasteiger partial charge in [-0.15, -0.1) is 0 Å². The smallest absolute Gasteiger partial charge is 0.419 e. The van der Waals surface area contributed by atoms with E-state index in [9.17, 15) is 13.2 Å². The second-order valence-corrected chi connectivity index (χ2v) is 3.98. The van der Waals surface area contributed by atoms with Crippen LogP contribution in [-0.2, 0) is 12.8 Å². The fraction of sp³-hybridized carbons (Fsp3) is 0.143. The lowest BCUT2D eigenvalue weighted by molar-refractivity contribution is -0.139. The summed E-state index contributed by atoms with van der Waals surface area (Å²) in [5.74, 6) is -0.196. The van der Waals surface area contributed by atoms with Crippen LogP contribution >= 0.6 is 0 Å². The van der Waals surface area contributed by atoms with E-state index in [1.807, 2.05) is 0 Å². The molecule has 0 aliphatic carbocycles. The Morgan fingerprint density at radius 2 is 1.58 bits per heavy atom. The van der Waals surface area contributed by atoms with Crippen molar-refractivity contribution in [1.82, 2.24) is 0 Å². The lowest BCUT2D eigenvalue weighted by Gasteiger charge is -2.14. The molecule has 0 heterocycles. The molecule has 100 valence electrons. The Morgan fingerprint density at radius 1 is 0.947 bits per heavy atom. The molecule has 2 aromatic rings. The maximum atomic E-state index is 12.7. The summed E-state index contributed by atoms with van der Waals surface area (Å²) in [6, 6.07) is 12.0. The van der Waals surface area contributed by atoms with Crippen LogP contribution in [0.15, 0.2) is 48.5 Å². The van der Waals surface area contributed by atoms with E-state index in [0.717, 1.165) is 6.07 Å². The molecular formula is C14H12F3NO. The third-order valence-corrected chi connectivity index (χ3v) is 2.63. The maximum Gasteiger partial charge on any atom is 0.419 e. The number of para-hydroxylation sites is 2. The molecule has 5 heteroatoms. The molecule has 0 fully saturated rings. The van der Waals surface area contributed by atoms with Gasteiger partial charge in [0.25, 0.3) is 0 Å². The Balaban J connectivity index is 2.19. The highest BCUT2D eigenvalue weighted by Crippen LogP contribution is 2.36. The van der Waals surface area contributed by atoms with Gasteiger partial charge in [0.2, 0.25) is 0 Å². The highest BCUT2D eigenvalue weighted by Gasteiger charge is 2.33. The molecule has 2 nitrogen and oxygen atoms in total. The fourth-order valence-corrected chi connectivity index (χ4v) is 1.65. The predicted molar refractivity (Wildman–Crippen MR) is 66.6 cm³/mol. The van der Waals surface area contributed by atoms with Crippen molar-refractivity contribution in [2.45, 2.75) is 12.8 Å². The zero-order valence-electron chi connectivity index (χ0n) is 9.95. The van der Waals surface area contributed by atoms with Gasteiger partial charge in [-0.1, -0.05) is 30.3 Å². The van der Waals surface area contributed by atoms with Gasteiger partial charge < -0.3 is 10.5 Å². The number of halogens is 3. The van der Waals surface area contributed by atoms with Gasteiger partial charge >= 0.3 is 6.18 Å². The van der Waals surface area contributed by atoms with Crippen molar-refractivity contribution in [3.63, 3.8) is 0 Å². The Morgan fingerprint density at radius 3 is 2.26 bits per heavy atom. The Hall–Kier alpha value is -2.17. The lowest BCUT2D eigenvalue weighted by atomic mass is 10.2. The average Bonchev–Trinajstić information content (AvgIpc) is 2.37. The molecule has 19 heavy (non-hydrogen) atoms. The normalized spacial score (nSPS) is 11.3. The Kier molecular flexibility index (Phi) is 3.64. The van der Waals surface area contributed by atoms with E-state index in [0.29, 0.717) is 11.3 Å². The summed E-state index contributed by atoms with van der Waals surface area (Å²) >= 11 is 0. The molecular weight excluding hydrogens is 255 g/mol. The number of hydrogen-bond donors (Lipinski definition) is 1. The minimum atomic E-state index is -4.43. The molecule has 0 amide bonds. The number of benzene rings is 2. The largest absolute Gasteiger partial charge is 0.488 e. The van der Waals surface area contributed by atoms with E-state index in [2.05, 4.69) is 0 Å². The minimum absolute atomic E-state index is 0.000231. The second-order valence-electron chi connectivity index (χ2n) is 3.98. The van der Waals surface area contributed by atoms with Crippen LogP contribution in [0.1, 0.15) is 11.1 Å². The summed E-state index contributed by atoms with van der Waals surface area (Å²) < 4.78 is 43.5. The van der Waals surface area contributed by atoms with Gasteiger partial charge in [-0.3, -0.25) is 0 Å². The van der Waals surface area contributed by atoms with E-state index in [1.165, 1.54) is 18.2 Å². The average molecular weight is 267 g/mol.